The summed E-state index contributed by atoms with van der Waals surface area (Å²) < 4.78 is 0. The van der Waals surface area contributed by atoms with E-state index in [1.807, 2.05) is 32.3 Å². The van der Waals surface area contributed by atoms with Gasteiger partial charge in [-0.15, -0.1) is 0 Å². The molecular formula is C12H19N3O. The Kier molecular flexibility index (Phi) is 5.50. The first-order valence-corrected chi connectivity index (χ1v) is 5.52. The largest absolute Gasteiger partial charge is 0.344 e. The zero-order valence-corrected chi connectivity index (χ0v) is 9.94. The number of rotatable bonds is 6. The molecule has 1 amide bonds. The third-order valence-electron chi connectivity index (χ3n) is 2.44. The predicted octanol–water partition coefficient (Wildman–Crippen LogP) is 0.692. The maximum atomic E-state index is 11.7. The lowest BCUT2D eigenvalue weighted by molar-refractivity contribution is -0.129. The fourth-order valence-corrected chi connectivity index (χ4v) is 1.38. The average Bonchev–Trinajstić information content (AvgIpc) is 2.34. The van der Waals surface area contributed by atoms with Gasteiger partial charge in [-0.1, -0.05) is 6.07 Å². The van der Waals surface area contributed by atoms with E-state index in [2.05, 4.69) is 10.3 Å². The molecule has 1 N–H and O–H groups in total. The Morgan fingerprint density at radius 2 is 2.31 bits per heavy atom. The molecule has 4 heteroatoms. The number of hydrogen-bond donors (Lipinski definition) is 1. The van der Waals surface area contributed by atoms with Crippen LogP contribution >= 0.6 is 0 Å². The van der Waals surface area contributed by atoms with Crippen LogP contribution in [-0.4, -0.2) is 43.0 Å². The molecule has 0 atom stereocenters. The summed E-state index contributed by atoms with van der Waals surface area (Å²) in [5, 5.41) is 3.02. The fourth-order valence-electron chi connectivity index (χ4n) is 1.38. The van der Waals surface area contributed by atoms with Gasteiger partial charge in [0.2, 0.25) is 5.91 Å². The Hall–Kier alpha value is -1.42. The molecule has 1 heterocycles. The Bertz CT molecular complexity index is 313. The standard InChI is InChI=1S/C12H19N3O/c1-13-9-10-15(2)12(16)7-6-11-5-3-4-8-14-11/h3-5,8,13H,6-7,9-10H2,1-2H3. The number of carbonyl (C=O) groups is 1. The highest BCUT2D eigenvalue weighted by molar-refractivity contribution is 5.76. The second-order valence-corrected chi connectivity index (χ2v) is 3.74. The van der Waals surface area contributed by atoms with E-state index in [-0.39, 0.29) is 5.91 Å². The molecule has 0 aliphatic carbocycles. The van der Waals surface area contributed by atoms with E-state index in [9.17, 15) is 4.79 Å². The summed E-state index contributed by atoms with van der Waals surface area (Å²) in [4.78, 5) is 17.6. The van der Waals surface area contributed by atoms with Crippen LogP contribution in [0, 0.1) is 0 Å². The smallest absolute Gasteiger partial charge is 0.222 e. The number of carbonyl (C=O) groups excluding carboxylic acids is 1. The molecule has 0 aromatic carbocycles. The molecule has 88 valence electrons. The maximum Gasteiger partial charge on any atom is 0.222 e. The van der Waals surface area contributed by atoms with Crippen molar-refractivity contribution in [2.75, 3.05) is 27.2 Å². The van der Waals surface area contributed by atoms with E-state index in [0.29, 0.717) is 12.8 Å². The molecule has 0 saturated heterocycles. The van der Waals surface area contributed by atoms with E-state index < -0.39 is 0 Å². The van der Waals surface area contributed by atoms with Crippen LogP contribution in [0.1, 0.15) is 12.1 Å². The molecule has 0 saturated carbocycles. The Morgan fingerprint density at radius 1 is 1.50 bits per heavy atom. The Labute approximate surface area is 96.7 Å². The van der Waals surface area contributed by atoms with Crippen LogP contribution in [0.5, 0.6) is 0 Å². The highest BCUT2D eigenvalue weighted by Crippen LogP contribution is 2.00. The van der Waals surface area contributed by atoms with Crippen molar-refractivity contribution in [3.8, 4) is 0 Å². The fraction of sp³-hybridized carbons (Fsp3) is 0.500. The van der Waals surface area contributed by atoms with Crippen molar-refractivity contribution < 1.29 is 4.79 Å². The van der Waals surface area contributed by atoms with E-state index in [0.717, 1.165) is 18.8 Å². The monoisotopic (exact) mass is 221 g/mol. The lowest BCUT2D eigenvalue weighted by Crippen LogP contribution is -2.32. The highest BCUT2D eigenvalue weighted by Gasteiger charge is 2.07. The summed E-state index contributed by atoms with van der Waals surface area (Å²) in [5.41, 5.74) is 0.970. The molecule has 1 rings (SSSR count). The third-order valence-corrected chi connectivity index (χ3v) is 2.44. The van der Waals surface area contributed by atoms with Crippen LogP contribution in [0.3, 0.4) is 0 Å². The molecule has 0 aliphatic rings. The van der Waals surface area contributed by atoms with E-state index in [1.165, 1.54) is 0 Å². The topological polar surface area (TPSA) is 45.2 Å². The van der Waals surface area contributed by atoms with Crippen molar-refractivity contribution in [2.24, 2.45) is 0 Å². The molecule has 1 aromatic rings. The number of nitrogens with zero attached hydrogens (tertiary/aromatic N) is 2. The normalized spacial score (nSPS) is 10.1. The van der Waals surface area contributed by atoms with Crippen LogP contribution in [-0.2, 0) is 11.2 Å². The van der Waals surface area contributed by atoms with Gasteiger partial charge in [-0.3, -0.25) is 9.78 Å². The van der Waals surface area contributed by atoms with Gasteiger partial charge in [0.15, 0.2) is 0 Å². The average molecular weight is 221 g/mol. The molecule has 0 spiro atoms. The summed E-state index contributed by atoms with van der Waals surface area (Å²) in [6.45, 7) is 1.57. The van der Waals surface area contributed by atoms with Crippen LogP contribution in [0.2, 0.25) is 0 Å². The van der Waals surface area contributed by atoms with Gasteiger partial charge < -0.3 is 10.2 Å². The van der Waals surface area contributed by atoms with E-state index in [1.54, 1.807) is 11.1 Å². The molecule has 0 fully saturated rings. The van der Waals surface area contributed by atoms with Crippen molar-refractivity contribution in [2.45, 2.75) is 12.8 Å². The van der Waals surface area contributed by atoms with Gasteiger partial charge in [-0.05, 0) is 25.6 Å². The second-order valence-electron chi connectivity index (χ2n) is 3.74. The Morgan fingerprint density at radius 3 is 2.94 bits per heavy atom. The minimum absolute atomic E-state index is 0.168. The van der Waals surface area contributed by atoms with Crippen molar-refractivity contribution in [1.29, 1.82) is 0 Å². The van der Waals surface area contributed by atoms with Gasteiger partial charge in [0, 0.05) is 38.4 Å². The predicted molar refractivity (Wildman–Crippen MR) is 64.1 cm³/mol. The lowest BCUT2D eigenvalue weighted by atomic mass is 10.2. The van der Waals surface area contributed by atoms with E-state index >= 15 is 0 Å². The van der Waals surface area contributed by atoms with E-state index in [4.69, 9.17) is 0 Å². The van der Waals surface area contributed by atoms with Crippen molar-refractivity contribution in [1.82, 2.24) is 15.2 Å². The molecule has 16 heavy (non-hydrogen) atoms. The Balaban J connectivity index is 2.29. The van der Waals surface area contributed by atoms with Gasteiger partial charge in [-0.25, -0.2) is 0 Å². The van der Waals surface area contributed by atoms with Crippen LogP contribution in [0.15, 0.2) is 24.4 Å². The number of pyridine rings is 1. The number of aryl methyl sites for hydroxylation is 1. The van der Waals surface area contributed by atoms with Gasteiger partial charge in [-0.2, -0.15) is 0 Å². The summed E-state index contributed by atoms with van der Waals surface area (Å²) in [6.07, 6.45) is 2.99. The zero-order chi connectivity index (χ0) is 11.8. The second kappa shape index (κ2) is 6.95. The molecule has 0 radical (unpaired) electrons. The molecule has 0 bridgehead atoms. The van der Waals surface area contributed by atoms with Crippen molar-refractivity contribution in [3.05, 3.63) is 30.1 Å². The number of likely N-dealkylation sites (N-methyl/N-ethyl adjacent to an activating group) is 2. The van der Waals surface area contributed by atoms with Crippen molar-refractivity contribution in [3.63, 3.8) is 0 Å². The first kappa shape index (κ1) is 12.6. The third kappa shape index (κ3) is 4.40. The van der Waals surface area contributed by atoms with Gasteiger partial charge >= 0.3 is 0 Å². The van der Waals surface area contributed by atoms with Crippen LogP contribution < -0.4 is 5.32 Å². The zero-order valence-electron chi connectivity index (χ0n) is 9.94. The number of amides is 1. The van der Waals surface area contributed by atoms with Crippen LogP contribution in [0.4, 0.5) is 0 Å². The van der Waals surface area contributed by atoms with Crippen LogP contribution in [0.25, 0.3) is 0 Å². The SMILES string of the molecule is CNCCN(C)C(=O)CCc1ccccn1. The minimum Gasteiger partial charge on any atom is -0.344 e. The number of hydrogen-bond acceptors (Lipinski definition) is 3. The summed E-state index contributed by atoms with van der Waals surface area (Å²) >= 11 is 0. The minimum atomic E-state index is 0.168. The first-order valence-electron chi connectivity index (χ1n) is 5.52. The summed E-state index contributed by atoms with van der Waals surface area (Å²) in [5.74, 6) is 0.168. The summed E-state index contributed by atoms with van der Waals surface area (Å²) in [6, 6.07) is 5.77. The van der Waals surface area contributed by atoms with Crippen molar-refractivity contribution >= 4 is 5.91 Å². The number of aromatic nitrogens is 1. The molecule has 0 aliphatic heterocycles. The molecule has 1 aromatic heterocycles. The maximum absolute atomic E-state index is 11.7. The highest BCUT2D eigenvalue weighted by atomic mass is 16.2. The first-order chi connectivity index (χ1) is 7.74. The lowest BCUT2D eigenvalue weighted by Gasteiger charge is -2.16. The van der Waals surface area contributed by atoms with Gasteiger partial charge in [0.1, 0.15) is 0 Å². The number of nitrogens with one attached hydrogen (secondary N) is 1. The molecule has 0 unspecified atom stereocenters. The quantitative estimate of drug-likeness (QED) is 0.769. The summed E-state index contributed by atoms with van der Waals surface area (Å²) in [7, 11) is 3.71. The van der Waals surface area contributed by atoms with Gasteiger partial charge in [0.25, 0.3) is 0 Å². The molecule has 4 nitrogen and oxygen atoms in total. The van der Waals surface area contributed by atoms with Gasteiger partial charge in [0.05, 0.1) is 0 Å². The molecular weight excluding hydrogens is 202 g/mol.